The first-order chi connectivity index (χ1) is 8.66. The summed E-state index contributed by atoms with van der Waals surface area (Å²) in [6.45, 7) is 0. The molecule has 2 heterocycles. The van der Waals surface area contributed by atoms with E-state index in [1.807, 2.05) is 23.9 Å². The van der Waals surface area contributed by atoms with Crippen molar-refractivity contribution in [3.63, 3.8) is 0 Å². The molecule has 2 aromatic heterocycles. The smallest absolute Gasteiger partial charge is 0.133 e. The van der Waals surface area contributed by atoms with E-state index in [0.29, 0.717) is 11.1 Å². The molecule has 0 radical (unpaired) electrons. The molecule has 90 valence electrons. The van der Waals surface area contributed by atoms with Gasteiger partial charge in [-0.25, -0.2) is 4.39 Å². The lowest BCUT2D eigenvalue weighted by Gasteiger charge is -2.00. The van der Waals surface area contributed by atoms with Crippen LogP contribution in [0.2, 0.25) is 0 Å². The van der Waals surface area contributed by atoms with E-state index in [1.165, 1.54) is 6.07 Å². The first kappa shape index (κ1) is 10.8. The van der Waals surface area contributed by atoms with Crippen LogP contribution in [0.25, 0.3) is 22.2 Å². The molecular formula is C14H12FN3. The summed E-state index contributed by atoms with van der Waals surface area (Å²) in [5.74, 6) is -0.235. The second-order valence-corrected chi connectivity index (χ2v) is 4.26. The maximum absolute atomic E-state index is 14.0. The largest absolute Gasteiger partial charge is 0.397 e. The van der Waals surface area contributed by atoms with Gasteiger partial charge in [0.15, 0.2) is 0 Å². The molecule has 2 N–H and O–H groups in total. The van der Waals surface area contributed by atoms with Crippen molar-refractivity contribution < 1.29 is 4.39 Å². The Kier molecular flexibility index (Phi) is 2.30. The van der Waals surface area contributed by atoms with Gasteiger partial charge < -0.3 is 10.3 Å². The van der Waals surface area contributed by atoms with Gasteiger partial charge in [0.25, 0.3) is 0 Å². The first-order valence-electron chi connectivity index (χ1n) is 5.62. The van der Waals surface area contributed by atoms with Gasteiger partial charge in [-0.3, -0.25) is 4.98 Å². The number of benzene rings is 1. The summed E-state index contributed by atoms with van der Waals surface area (Å²) in [7, 11) is 1.89. The summed E-state index contributed by atoms with van der Waals surface area (Å²) in [5, 5.41) is 0.595. The SMILES string of the molecule is Cn1cc(-c2ccc(N)cn2)c2c(F)cccc21. The van der Waals surface area contributed by atoms with Gasteiger partial charge >= 0.3 is 0 Å². The zero-order valence-electron chi connectivity index (χ0n) is 9.89. The third-order valence-corrected chi connectivity index (χ3v) is 3.03. The van der Waals surface area contributed by atoms with E-state index in [1.54, 1.807) is 24.4 Å². The molecule has 3 nitrogen and oxygen atoms in total. The Balaban J connectivity index is 2.32. The van der Waals surface area contributed by atoms with Crippen molar-refractivity contribution in [1.29, 1.82) is 0 Å². The Morgan fingerprint density at radius 3 is 2.78 bits per heavy atom. The van der Waals surface area contributed by atoms with Crippen molar-refractivity contribution >= 4 is 16.6 Å². The van der Waals surface area contributed by atoms with Crippen LogP contribution in [0.3, 0.4) is 0 Å². The van der Waals surface area contributed by atoms with E-state index in [2.05, 4.69) is 4.98 Å². The van der Waals surface area contributed by atoms with E-state index >= 15 is 0 Å². The van der Waals surface area contributed by atoms with Gasteiger partial charge in [-0.2, -0.15) is 0 Å². The lowest BCUT2D eigenvalue weighted by Crippen LogP contribution is -1.88. The van der Waals surface area contributed by atoms with Gasteiger partial charge in [-0.05, 0) is 24.3 Å². The first-order valence-corrected chi connectivity index (χ1v) is 5.62. The Morgan fingerprint density at radius 1 is 1.22 bits per heavy atom. The molecule has 0 saturated heterocycles. The summed E-state index contributed by atoms with van der Waals surface area (Å²) >= 11 is 0. The minimum Gasteiger partial charge on any atom is -0.397 e. The van der Waals surface area contributed by atoms with E-state index in [-0.39, 0.29) is 5.82 Å². The van der Waals surface area contributed by atoms with E-state index < -0.39 is 0 Å². The Labute approximate surface area is 104 Å². The van der Waals surface area contributed by atoms with Gasteiger partial charge in [0.1, 0.15) is 5.82 Å². The quantitative estimate of drug-likeness (QED) is 0.711. The minimum absolute atomic E-state index is 0.235. The van der Waals surface area contributed by atoms with Crippen LogP contribution in [-0.2, 0) is 7.05 Å². The number of hydrogen-bond donors (Lipinski definition) is 1. The monoisotopic (exact) mass is 241 g/mol. The molecule has 0 atom stereocenters. The van der Waals surface area contributed by atoms with E-state index in [9.17, 15) is 4.39 Å². The van der Waals surface area contributed by atoms with Crippen molar-refractivity contribution in [2.75, 3.05) is 5.73 Å². The Morgan fingerprint density at radius 2 is 2.06 bits per heavy atom. The second-order valence-electron chi connectivity index (χ2n) is 4.26. The molecule has 0 aliphatic heterocycles. The zero-order valence-corrected chi connectivity index (χ0v) is 9.89. The second kappa shape index (κ2) is 3.84. The van der Waals surface area contributed by atoms with Crippen LogP contribution in [0, 0.1) is 5.82 Å². The molecule has 1 aromatic carbocycles. The van der Waals surface area contributed by atoms with Crippen LogP contribution in [0.5, 0.6) is 0 Å². The van der Waals surface area contributed by atoms with Gasteiger partial charge in [0.2, 0.25) is 0 Å². The molecule has 3 rings (SSSR count). The van der Waals surface area contributed by atoms with Crippen LogP contribution in [0.15, 0.2) is 42.7 Å². The average Bonchev–Trinajstić information content (AvgIpc) is 2.70. The molecule has 0 bridgehead atoms. The Hall–Kier alpha value is -2.36. The molecule has 0 amide bonds. The van der Waals surface area contributed by atoms with E-state index in [0.717, 1.165) is 16.8 Å². The predicted octanol–water partition coefficient (Wildman–Crippen LogP) is 2.96. The number of rotatable bonds is 1. The molecule has 3 aromatic rings. The maximum atomic E-state index is 14.0. The molecule has 18 heavy (non-hydrogen) atoms. The van der Waals surface area contributed by atoms with Crippen molar-refractivity contribution in [1.82, 2.24) is 9.55 Å². The molecule has 0 unspecified atom stereocenters. The number of anilines is 1. The molecule has 0 spiro atoms. The van der Waals surface area contributed by atoms with Crippen LogP contribution < -0.4 is 5.73 Å². The number of fused-ring (bicyclic) bond motifs is 1. The number of nitrogens with zero attached hydrogens (tertiary/aromatic N) is 2. The minimum atomic E-state index is -0.235. The standard InChI is InChI=1S/C14H12FN3/c1-18-8-10(12-6-5-9(16)7-17-12)14-11(15)3-2-4-13(14)18/h2-8H,16H2,1H3. The van der Waals surface area contributed by atoms with Gasteiger partial charge in [0.05, 0.1) is 23.1 Å². The lowest BCUT2D eigenvalue weighted by atomic mass is 10.1. The van der Waals surface area contributed by atoms with Gasteiger partial charge in [0, 0.05) is 24.2 Å². The van der Waals surface area contributed by atoms with Gasteiger partial charge in [-0.1, -0.05) is 6.07 Å². The third-order valence-electron chi connectivity index (χ3n) is 3.03. The number of halogens is 1. The summed E-state index contributed by atoms with van der Waals surface area (Å²) in [4.78, 5) is 4.25. The predicted molar refractivity (Wildman–Crippen MR) is 70.5 cm³/mol. The van der Waals surface area contributed by atoms with Crippen molar-refractivity contribution in [2.45, 2.75) is 0 Å². The van der Waals surface area contributed by atoms with Crippen LogP contribution >= 0.6 is 0 Å². The highest BCUT2D eigenvalue weighted by molar-refractivity contribution is 5.95. The summed E-state index contributed by atoms with van der Waals surface area (Å²) < 4.78 is 15.9. The number of aryl methyl sites for hydroxylation is 1. The highest BCUT2D eigenvalue weighted by Gasteiger charge is 2.13. The average molecular weight is 241 g/mol. The molecule has 0 saturated carbocycles. The zero-order chi connectivity index (χ0) is 12.7. The fraction of sp³-hybridized carbons (Fsp3) is 0.0714. The van der Waals surface area contributed by atoms with Crippen LogP contribution in [0.1, 0.15) is 0 Å². The van der Waals surface area contributed by atoms with Crippen molar-refractivity contribution in [3.8, 4) is 11.3 Å². The molecular weight excluding hydrogens is 229 g/mol. The molecule has 4 heteroatoms. The fourth-order valence-corrected chi connectivity index (χ4v) is 2.16. The third kappa shape index (κ3) is 1.54. The number of aromatic nitrogens is 2. The highest BCUT2D eigenvalue weighted by atomic mass is 19.1. The van der Waals surface area contributed by atoms with Crippen LogP contribution in [0.4, 0.5) is 10.1 Å². The summed E-state index contributed by atoms with van der Waals surface area (Å²) in [6.07, 6.45) is 3.46. The number of nitrogen functional groups attached to an aromatic ring is 1. The number of hydrogen-bond acceptors (Lipinski definition) is 2. The number of pyridine rings is 1. The maximum Gasteiger partial charge on any atom is 0.133 e. The van der Waals surface area contributed by atoms with Crippen molar-refractivity contribution in [3.05, 3.63) is 48.5 Å². The van der Waals surface area contributed by atoms with E-state index in [4.69, 9.17) is 5.73 Å². The normalized spacial score (nSPS) is 11.0. The van der Waals surface area contributed by atoms with Crippen molar-refractivity contribution in [2.24, 2.45) is 7.05 Å². The number of nitrogens with two attached hydrogens (primary N) is 1. The van der Waals surface area contributed by atoms with Gasteiger partial charge in [-0.15, -0.1) is 0 Å². The molecule has 0 aliphatic carbocycles. The summed E-state index contributed by atoms with van der Waals surface area (Å²) in [5.41, 5.74) is 8.56. The molecule has 0 fully saturated rings. The topological polar surface area (TPSA) is 43.8 Å². The molecule has 0 aliphatic rings. The Bertz CT molecular complexity index is 714. The van der Waals surface area contributed by atoms with Crippen LogP contribution in [-0.4, -0.2) is 9.55 Å². The fourth-order valence-electron chi connectivity index (χ4n) is 2.16. The highest BCUT2D eigenvalue weighted by Crippen LogP contribution is 2.31. The summed E-state index contributed by atoms with van der Waals surface area (Å²) in [6, 6.07) is 8.62. The lowest BCUT2D eigenvalue weighted by molar-refractivity contribution is 0.640.